The largest absolute Gasteiger partial charge is 0.481 e. The predicted octanol–water partition coefficient (Wildman–Crippen LogP) is 5.41. The lowest BCUT2D eigenvalue weighted by atomic mass is 9.91. The number of aliphatic carboxylic acids is 1. The van der Waals surface area contributed by atoms with Gasteiger partial charge in [0.1, 0.15) is 11.6 Å². The maximum Gasteiger partial charge on any atom is 0.303 e. The molecule has 0 fully saturated rings. The fraction of sp³-hybridized carbons (Fsp3) is 0.600. The summed E-state index contributed by atoms with van der Waals surface area (Å²) >= 11 is 0. The molecule has 0 bridgehead atoms. The topological polar surface area (TPSA) is 88.0 Å². The number of pyridine rings is 1. The highest BCUT2D eigenvalue weighted by atomic mass is 16.4. The lowest BCUT2D eigenvalue weighted by Crippen LogP contribution is -2.16. The van der Waals surface area contributed by atoms with Crippen molar-refractivity contribution in [3.8, 4) is 0 Å². The molecule has 0 amide bonds. The third-order valence-electron chi connectivity index (χ3n) is 6.16. The molecule has 1 aliphatic heterocycles. The molecule has 1 atom stereocenters. The Balaban J connectivity index is 1.49. The summed E-state index contributed by atoms with van der Waals surface area (Å²) in [5.41, 5.74) is 4.93. The molecule has 0 saturated heterocycles. The lowest BCUT2D eigenvalue weighted by Gasteiger charge is -2.21. The average Bonchev–Trinajstić information content (AvgIpc) is 2.75. The smallest absolute Gasteiger partial charge is 0.303 e. The fourth-order valence-corrected chi connectivity index (χ4v) is 4.39. The maximum absolute atomic E-state index is 11.3. The van der Waals surface area contributed by atoms with Gasteiger partial charge in [0.15, 0.2) is 0 Å². The minimum Gasteiger partial charge on any atom is -0.481 e. The summed E-state index contributed by atoms with van der Waals surface area (Å²) < 4.78 is 0. The minimum atomic E-state index is -0.765. The van der Waals surface area contributed by atoms with Crippen molar-refractivity contribution in [3.63, 3.8) is 0 Å². The van der Waals surface area contributed by atoms with Gasteiger partial charge in [0.25, 0.3) is 0 Å². The number of aryl methyl sites for hydroxylation is 3. The molecule has 31 heavy (non-hydrogen) atoms. The molecule has 3 rings (SSSR count). The van der Waals surface area contributed by atoms with Crippen LogP contribution in [0.3, 0.4) is 0 Å². The van der Waals surface area contributed by atoms with Crippen molar-refractivity contribution in [2.45, 2.75) is 90.4 Å². The number of aromatic nitrogens is 3. The molecule has 2 aromatic rings. The highest BCUT2D eigenvalue weighted by Gasteiger charge is 2.18. The number of hydrogen-bond donors (Lipinski definition) is 2. The van der Waals surface area contributed by atoms with Gasteiger partial charge in [-0.1, -0.05) is 39.2 Å². The Morgan fingerprint density at radius 3 is 2.61 bits per heavy atom. The number of hydrogen-bond acceptors (Lipinski definition) is 5. The number of carboxylic acids is 1. The number of fused-ring (bicyclic) bond motifs is 1. The van der Waals surface area contributed by atoms with Crippen LogP contribution in [-0.2, 0) is 17.6 Å². The third kappa shape index (κ3) is 6.74. The van der Waals surface area contributed by atoms with Crippen molar-refractivity contribution >= 4 is 11.8 Å². The molecule has 168 valence electrons. The zero-order chi connectivity index (χ0) is 22.2. The van der Waals surface area contributed by atoms with E-state index >= 15 is 0 Å². The molecule has 6 heteroatoms. The standard InChI is InChI=1S/C25H36N4O2/c1-17(2)22-13-20-10-8-12-26-25(20)29-23(22)11-7-5-4-6-9-19(14-24(30)31)21-15-27-18(3)28-16-21/h13,15-17,19H,4-12,14H2,1-3H3,(H,26,29)(H,30,31)/t19-/m0/s1. The molecule has 0 spiro atoms. The van der Waals surface area contributed by atoms with Gasteiger partial charge in [0.05, 0.1) is 6.42 Å². The van der Waals surface area contributed by atoms with Crippen LogP contribution in [0.1, 0.15) is 98.8 Å². The van der Waals surface area contributed by atoms with Crippen molar-refractivity contribution in [1.82, 2.24) is 15.0 Å². The van der Waals surface area contributed by atoms with E-state index in [-0.39, 0.29) is 12.3 Å². The Labute approximate surface area is 185 Å². The van der Waals surface area contributed by atoms with Gasteiger partial charge >= 0.3 is 5.97 Å². The minimum absolute atomic E-state index is 0.0148. The molecular formula is C25H36N4O2. The first kappa shape index (κ1) is 23.2. The second kappa shape index (κ2) is 11.2. The first-order valence-corrected chi connectivity index (χ1v) is 11.7. The molecule has 0 radical (unpaired) electrons. The van der Waals surface area contributed by atoms with Crippen molar-refractivity contribution in [3.05, 3.63) is 46.7 Å². The van der Waals surface area contributed by atoms with E-state index in [2.05, 4.69) is 35.2 Å². The van der Waals surface area contributed by atoms with Crippen molar-refractivity contribution < 1.29 is 9.90 Å². The molecule has 6 nitrogen and oxygen atoms in total. The molecule has 0 aliphatic carbocycles. The van der Waals surface area contributed by atoms with Gasteiger partial charge in [-0.2, -0.15) is 0 Å². The van der Waals surface area contributed by atoms with Crippen LogP contribution >= 0.6 is 0 Å². The summed E-state index contributed by atoms with van der Waals surface area (Å²) in [6.07, 6.45) is 12.2. The van der Waals surface area contributed by atoms with Crippen LogP contribution in [0, 0.1) is 6.92 Å². The summed E-state index contributed by atoms with van der Waals surface area (Å²) in [6.45, 7) is 7.36. The number of carboxylic acid groups (broad SMARTS) is 1. The first-order valence-electron chi connectivity index (χ1n) is 11.7. The van der Waals surface area contributed by atoms with E-state index in [4.69, 9.17) is 4.98 Å². The van der Waals surface area contributed by atoms with Crippen LogP contribution in [0.2, 0.25) is 0 Å². The monoisotopic (exact) mass is 424 g/mol. The zero-order valence-electron chi connectivity index (χ0n) is 19.2. The molecular weight excluding hydrogens is 388 g/mol. The number of carbonyl (C=O) groups is 1. The van der Waals surface area contributed by atoms with Crippen LogP contribution in [0.15, 0.2) is 18.5 Å². The molecule has 2 aromatic heterocycles. The van der Waals surface area contributed by atoms with Crippen LogP contribution in [0.25, 0.3) is 0 Å². The number of anilines is 1. The molecule has 0 saturated carbocycles. The zero-order valence-corrected chi connectivity index (χ0v) is 19.2. The van der Waals surface area contributed by atoms with Gasteiger partial charge in [0, 0.05) is 24.6 Å². The van der Waals surface area contributed by atoms with Gasteiger partial charge < -0.3 is 10.4 Å². The van der Waals surface area contributed by atoms with Crippen LogP contribution in [-0.4, -0.2) is 32.6 Å². The van der Waals surface area contributed by atoms with E-state index < -0.39 is 5.97 Å². The summed E-state index contributed by atoms with van der Waals surface area (Å²) in [5, 5.41) is 12.7. The Morgan fingerprint density at radius 2 is 1.90 bits per heavy atom. The average molecular weight is 425 g/mol. The molecule has 3 heterocycles. The highest BCUT2D eigenvalue weighted by molar-refractivity contribution is 5.68. The van der Waals surface area contributed by atoms with E-state index in [0.717, 1.165) is 62.9 Å². The van der Waals surface area contributed by atoms with Crippen LogP contribution < -0.4 is 5.32 Å². The second-order valence-electron chi connectivity index (χ2n) is 9.03. The summed E-state index contributed by atoms with van der Waals surface area (Å²) in [6, 6.07) is 2.37. The van der Waals surface area contributed by atoms with E-state index in [9.17, 15) is 9.90 Å². The van der Waals surface area contributed by atoms with E-state index in [1.165, 1.54) is 23.2 Å². The van der Waals surface area contributed by atoms with E-state index in [1.54, 1.807) is 12.4 Å². The van der Waals surface area contributed by atoms with Gasteiger partial charge in [-0.25, -0.2) is 15.0 Å². The summed E-state index contributed by atoms with van der Waals surface area (Å²) in [7, 11) is 0. The Bertz CT molecular complexity index is 865. The number of rotatable bonds is 11. The number of unbranched alkanes of at least 4 members (excludes halogenated alkanes) is 3. The van der Waals surface area contributed by atoms with E-state index in [1.807, 2.05) is 6.92 Å². The van der Waals surface area contributed by atoms with Gasteiger partial charge in [-0.3, -0.25) is 4.79 Å². The summed E-state index contributed by atoms with van der Waals surface area (Å²) in [5.74, 6) is 1.51. The van der Waals surface area contributed by atoms with Gasteiger partial charge in [-0.15, -0.1) is 0 Å². The van der Waals surface area contributed by atoms with Gasteiger partial charge in [0.2, 0.25) is 0 Å². The van der Waals surface area contributed by atoms with Gasteiger partial charge in [-0.05, 0) is 67.6 Å². The normalized spacial score (nSPS) is 14.2. The third-order valence-corrected chi connectivity index (χ3v) is 6.16. The molecule has 0 aromatic carbocycles. The molecule has 0 unspecified atom stereocenters. The fourth-order valence-electron chi connectivity index (χ4n) is 4.39. The quantitative estimate of drug-likeness (QED) is 0.469. The lowest BCUT2D eigenvalue weighted by molar-refractivity contribution is -0.137. The summed E-state index contributed by atoms with van der Waals surface area (Å²) in [4.78, 5) is 24.7. The van der Waals surface area contributed by atoms with Crippen molar-refractivity contribution in [2.24, 2.45) is 0 Å². The van der Waals surface area contributed by atoms with E-state index in [0.29, 0.717) is 11.7 Å². The number of nitrogens with zero attached hydrogens (tertiary/aromatic N) is 3. The molecule has 1 aliphatic rings. The van der Waals surface area contributed by atoms with Crippen LogP contribution in [0.5, 0.6) is 0 Å². The maximum atomic E-state index is 11.3. The Morgan fingerprint density at radius 1 is 1.16 bits per heavy atom. The Hall–Kier alpha value is -2.50. The SMILES string of the molecule is Cc1ncc([C@@H](CCCCCCc2nc3c(cc2C(C)C)CCCN3)CC(=O)O)cn1. The van der Waals surface area contributed by atoms with Crippen LogP contribution in [0.4, 0.5) is 5.82 Å². The molecule has 2 N–H and O–H groups in total. The van der Waals surface area contributed by atoms with Crippen molar-refractivity contribution in [1.29, 1.82) is 0 Å². The van der Waals surface area contributed by atoms with Crippen molar-refractivity contribution in [2.75, 3.05) is 11.9 Å². The highest BCUT2D eigenvalue weighted by Crippen LogP contribution is 2.29. The predicted molar refractivity (Wildman–Crippen MR) is 124 cm³/mol. The number of nitrogens with one attached hydrogen (secondary N) is 1. The second-order valence-corrected chi connectivity index (χ2v) is 9.03. The first-order chi connectivity index (χ1) is 14.9. The Kier molecular flexibility index (Phi) is 8.38.